The Labute approximate surface area is 110 Å². The molecule has 0 bridgehead atoms. The van der Waals surface area contributed by atoms with Gasteiger partial charge in [0.25, 0.3) is 5.91 Å². The lowest BCUT2D eigenvalue weighted by atomic mass is 10.3. The number of aliphatic hydroxyl groups is 1. The number of furan rings is 1. The number of pyridine rings is 1. The highest BCUT2D eigenvalue weighted by Gasteiger charge is 2.09. The third-order valence-electron chi connectivity index (χ3n) is 2.19. The van der Waals surface area contributed by atoms with Crippen molar-refractivity contribution in [1.29, 1.82) is 0 Å². The largest absolute Gasteiger partial charge is 0.459 e. The second-order valence-corrected chi connectivity index (χ2v) is 3.61. The molecule has 2 aromatic heterocycles. The number of nitrogens with one attached hydrogen (secondary N) is 1. The monoisotopic (exact) mass is 256 g/mol. The Morgan fingerprint density at radius 1 is 1.37 bits per heavy atom. The molecule has 5 heteroatoms. The Morgan fingerprint density at radius 3 is 3.00 bits per heavy atom. The SMILES string of the molecule is O=C(Nc1cccc(C#CCCO)n1)c1ccco1. The lowest BCUT2D eigenvalue weighted by Gasteiger charge is -2.02. The summed E-state index contributed by atoms with van der Waals surface area (Å²) in [5, 5.41) is 11.2. The minimum atomic E-state index is -0.363. The van der Waals surface area contributed by atoms with Crippen LogP contribution in [0.25, 0.3) is 0 Å². The first-order valence-corrected chi connectivity index (χ1v) is 5.71. The van der Waals surface area contributed by atoms with Crippen molar-refractivity contribution in [3.8, 4) is 11.8 Å². The summed E-state index contributed by atoms with van der Waals surface area (Å²) in [5.74, 6) is 5.82. The number of aromatic nitrogens is 1. The Kier molecular flexibility index (Phi) is 4.32. The van der Waals surface area contributed by atoms with E-state index in [1.807, 2.05) is 0 Å². The summed E-state index contributed by atoms with van der Waals surface area (Å²) < 4.78 is 4.98. The predicted molar refractivity (Wildman–Crippen MR) is 69.5 cm³/mol. The van der Waals surface area contributed by atoms with Gasteiger partial charge in [0, 0.05) is 6.42 Å². The number of anilines is 1. The number of nitrogens with zero attached hydrogens (tertiary/aromatic N) is 1. The third kappa shape index (κ3) is 3.69. The van der Waals surface area contributed by atoms with Crippen LogP contribution in [0.5, 0.6) is 0 Å². The molecule has 5 nitrogen and oxygen atoms in total. The van der Waals surface area contributed by atoms with Crippen molar-refractivity contribution in [3.05, 3.63) is 48.0 Å². The Bertz CT molecular complexity index is 609. The van der Waals surface area contributed by atoms with Gasteiger partial charge in [-0.1, -0.05) is 12.0 Å². The van der Waals surface area contributed by atoms with E-state index in [1.54, 1.807) is 30.3 Å². The summed E-state index contributed by atoms with van der Waals surface area (Å²) in [6, 6.07) is 8.35. The van der Waals surface area contributed by atoms with Crippen LogP contribution in [0.3, 0.4) is 0 Å². The molecule has 1 amide bonds. The molecule has 96 valence electrons. The summed E-state index contributed by atoms with van der Waals surface area (Å²) in [7, 11) is 0. The highest BCUT2D eigenvalue weighted by atomic mass is 16.3. The van der Waals surface area contributed by atoms with E-state index in [2.05, 4.69) is 22.1 Å². The van der Waals surface area contributed by atoms with Gasteiger partial charge in [0.2, 0.25) is 0 Å². The lowest BCUT2D eigenvalue weighted by Crippen LogP contribution is -2.12. The first-order valence-electron chi connectivity index (χ1n) is 5.71. The normalized spacial score (nSPS) is 9.53. The standard InChI is InChI=1S/C14H12N2O3/c17-9-2-1-5-11-6-3-8-13(15-11)16-14(18)12-7-4-10-19-12/h3-4,6-8,10,17H,2,9H2,(H,15,16,18). The van der Waals surface area contributed by atoms with Gasteiger partial charge in [0.05, 0.1) is 12.9 Å². The highest BCUT2D eigenvalue weighted by Crippen LogP contribution is 2.07. The van der Waals surface area contributed by atoms with E-state index in [0.717, 1.165) is 0 Å². The van der Waals surface area contributed by atoms with Gasteiger partial charge in [0.1, 0.15) is 11.5 Å². The van der Waals surface area contributed by atoms with E-state index in [9.17, 15) is 4.79 Å². The van der Waals surface area contributed by atoms with Gasteiger partial charge in [0.15, 0.2) is 5.76 Å². The van der Waals surface area contributed by atoms with Crippen LogP contribution in [-0.4, -0.2) is 22.6 Å². The first kappa shape index (κ1) is 12.9. The molecule has 2 N–H and O–H groups in total. The Balaban J connectivity index is 2.07. The van der Waals surface area contributed by atoms with Crippen molar-refractivity contribution in [3.63, 3.8) is 0 Å². The van der Waals surface area contributed by atoms with Crippen LogP contribution in [0.2, 0.25) is 0 Å². The highest BCUT2D eigenvalue weighted by molar-refractivity contribution is 6.01. The van der Waals surface area contributed by atoms with Crippen molar-refractivity contribution in [2.24, 2.45) is 0 Å². The second kappa shape index (κ2) is 6.38. The summed E-state index contributed by atoms with van der Waals surface area (Å²) in [4.78, 5) is 15.9. The van der Waals surface area contributed by atoms with Crippen LogP contribution in [-0.2, 0) is 0 Å². The van der Waals surface area contributed by atoms with Crippen molar-refractivity contribution in [2.45, 2.75) is 6.42 Å². The van der Waals surface area contributed by atoms with Gasteiger partial charge >= 0.3 is 0 Å². The Hall–Kier alpha value is -2.58. The van der Waals surface area contributed by atoms with Gasteiger partial charge < -0.3 is 14.8 Å². The fourth-order valence-corrected chi connectivity index (χ4v) is 1.37. The molecule has 0 radical (unpaired) electrons. The minimum Gasteiger partial charge on any atom is -0.459 e. The summed E-state index contributed by atoms with van der Waals surface area (Å²) in [6.07, 6.45) is 1.82. The van der Waals surface area contributed by atoms with E-state index in [0.29, 0.717) is 17.9 Å². The molecule has 0 saturated heterocycles. The smallest absolute Gasteiger partial charge is 0.292 e. The van der Waals surface area contributed by atoms with Gasteiger partial charge in [-0.15, -0.1) is 0 Å². The van der Waals surface area contributed by atoms with Crippen molar-refractivity contribution >= 4 is 11.7 Å². The zero-order valence-corrected chi connectivity index (χ0v) is 10.1. The van der Waals surface area contributed by atoms with Crippen LogP contribution < -0.4 is 5.32 Å². The van der Waals surface area contributed by atoms with Crippen molar-refractivity contribution in [2.75, 3.05) is 11.9 Å². The molecule has 0 fully saturated rings. The molecule has 2 heterocycles. The van der Waals surface area contributed by atoms with Gasteiger partial charge in [-0.25, -0.2) is 4.98 Å². The average Bonchev–Trinajstić information content (AvgIpc) is 2.93. The number of carbonyl (C=O) groups is 1. The maximum atomic E-state index is 11.7. The number of amides is 1. The van der Waals surface area contributed by atoms with Gasteiger partial charge in [-0.3, -0.25) is 4.79 Å². The maximum absolute atomic E-state index is 11.7. The molecule has 2 aromatic rings. The second-order valence-electron chi connectivity index (χ2n) is 3.61. The van der Waals surface area contributed by atoms with Crippen molar-refractivity contribution in [1.82, 2.24) is 4.98 Å². The molecular weight excluding hydrogens is 244 g/mol. The number of carbonyl (C=O) groups excluding carboxylic acids is 1. The number of hydrogen-bond acceptors (Lipinski definition) is 4. The van der Waals surface area contributed by atoms with E-state index >= 15 is 0 Å². The summed E-state index contributed by atoms with van der Waals surface area (Å²) in [5.41, 5.74) is 0.533. The van der Waals surface area contributed by atoms with E-state index < -0.39 is 0 Å². The first-order chi connectivity index (χ1) is 9.29. The zero-order valence-electron chi connectivity index (χ0n) is 10.1. The third-order valence-corrected chi connectivity index (χ3v) is 2.19. The number of aliphatic hydroxyl groups excluding tert-OH is 1. The van der Waals surface area contributed by atoms with Gasteiger partial charge in [-0.2, -0.15) is 0 Å². The number of rotatable bonds is 3. The van der Waals surface area contributed by atoms with E-state index in [1.165, 1.54) is 6.26 Å². The van der Waals surface area contributed by atoms with Crippen LogP contribution in [0.4, 0.5) is 5.82 Å². The number of hydrogen-bond donors (Lipinski definition) is 2. The molecule has 0 aliphatic carbocycles. The average molecular weight is 256 g/mol. The quantitative estimate of drug-likeness (QED) is 0.819. The summed E-state index contributed by atoms with van der Waals surface area (Å²) in [6.45, 7) is 0.0158. The topological polar surface area (TPSA) is 75.4 Å². The molecular formula is C14H12N2O3. The van der Waals surface area contributed by atoms with Crippen molar-refractivity contribution < 1.29 is 14.3 Å². The van der Waals surface area contributed by atoms with Gasteiger partial charge in [-0.05, 0) is 30.2 Å². The Morgan fingerprint density at radius 2 is 2.26 bits per heavy atom. The zero-order chi connectivity index (χ0) is 13.5. The molecule has 0 unspecified atom stereocenters. The molecule has 2 rings (SSSR count). The van der Waals surface area contributed by atoms with E-state index in [-0.39, 0.29) is 18.3 Å². The molecule has 0 atom stereocenters. The van der Waals surface area contributed by atoms with E-state index in [4.69, 9.17) is 9.52 Å². The lowest BCUT2D eigenvalue weighted by molar-refractivity contribution is 0.0996. The van der Waals surface area contributed by atoms with Crippen LogP contribution in [0, 0.1) is 11.8 Å². The fraction of sp³-hybridized carbons (Fsp3) is 0.143. The molecule has 0 saturated carbocycles. The summed E-state index contributed by atoms with van der Waals surface area (Å²) >= 11 is 0. The molecule has 19 heavy (non-hydrogen) atoms. The molecule has 0 spiro atoms. The predicted octanol–water partition coefficient (Wildman–Crippen LogP) is 1.66. The molecule has 0 aliphatic heterocycles. The molecule has 0 aromatic carbocycles. The fourth-order valence-electron chi connectivity index (χ4n) is 1.37. The van der Waals surface area contributed by atoms with Crippen LogP contribution in [0.1, 0.15) is 22.7 Å². The van der Waals surface area contributed by atoms with Crippen LogP contribution >= 0.6 is 0 Å². The van der Waals surface area contributed by atoms with Crippen LogP contribution in [0.15, 0.2) is 41.0 Å². The maximum Gasteiger partial charge on any atom is 0.292 e. The minimum absolute atomic E-state index is 0.0158. The molecule has 0 aliphatic rings.